The van der Waals surface area contributed by atoms with Gasteiger partial charge in [-0.05, 0) is 18.4 Å². The van der Waals surface area contributed by atoms with Crippen molar-refractivity contribution in [2.45, 2.75) is 32.3 Å². The maximum Gasteiger partial charge on any atom is 0.358 e. The highest BCUT2D eigenvalue weighted by molar-refractivity contribution is 6.48. The summed E-state index contributed by atoms with van der Waals surface area (Å²) in [4.78, 5) is 43.5. The van der Waals surface area contributed by atoms with Gasteiger partial charge >= 0.3 is 5.97 Å². The normalized spacial score (nSPS) is 21.0. The van der Waals surface area contributed by atoms with Gasteiger partial charge in [0.15, 0.2) is 10.8 Å². The van der Waals surface area contributed by atoms with Gasteiger partial charge in [-0.25, -0.2) is 14.7 Å². The summed E-state index contributed by atoms with van der Waals surface area (Å²) < 4.78 is 5.28. The van der Waals surface area contributed by atoms with Crippen molar-refractivity contribution in [2.24, 2.45) is 11.8 Å². The average molecular weight is 468 g/mol. The number of hydrogen-bond donors (Lipinski definition) is 0. The zero-order valence-corrected chi connectivity index (χ0v) is 18.0. The van der Waals surface area contributed by atoms with Crippen LogP contribution in [0.25, 0.3) is 0 Å². The Bertz CT molecular complexity index is 1000. The maximum absolute atomic E-state index is 13.0. The number of ether oxygens (including phenoxy) is 1. The molecular formula is C21H17Cl3N2O4. The molecule has 30 heavy (non-hydrogen) atoms. The van der Waals surface area contributed by atoms with Gasteiger partial charge in [0.1, 0.15) is 11.6 Å². The number of anilines is 1. The van der Waals surface area contributed by atoms with Crippen LogP contribution < -0.4 is 4.90 Å². The largest absolute Gasteiger partial charge is 0.456 e. The van der Waals surface area contributed by atoms with Crippen LogP contribution in [-0.4, -0.2) is 22.8 Å². The minimum Gasteiger partial charge on any atom is -0.456 e. The second-order valence-corrected chi connectivity index (χ2v) is 8.41. The zero-order valence-electron chi connectivity index (χ0n) is 15.7. The van der Waals surface area contributed by atoms with Gasteiger partial charge in [-0.2, -0.15) is 0 Å². The third-order valence-electron chi connectivity index (χ3n) is 5.49. The van der Waals surface area contributed by atoms with Gasteiger partial charge in [-0.1, -0.05) is 78.0 Å². The lowest BCUT2D eigenvalue weighted by molar-refractivity contribution is -0.122. The highest BCUT2D eigenvalue weighted by Crippen LogP contribution is 2.46. The highest BCUT2D eigenvalue weighted by Gasteiger charge is 2.50. The molecule has 9 heteroatoms. The van der Waals surface area contributed by atoms with Crippen molar-refractivity contribution in [3.8, 4) is 0 Å². The second kappa shape index (κ2) is 8.53. The quantitative estimate of drug-likeness (QED) is 0.356. The minimum absolute atomic E-state index is 0.00101. The predicted molar refractivity (Wildman–Crippen MR) is 113 cm³/mol. The van der Waals surface area contributed by atoms with Crippen LogP contribution >= 0.6 is 34.8 Å². The number of rotatable bonds is 4. The van der Waals surface area contributed by atoms with E-state index in [9.17, 15) is 14.4 Å². The Balaban J connectivity index is 1.68. The molecule has 0 spiro atoms. The molecule has 1 saturated heterocycles. The fourth-order valence-electron chi connectivity index (χ4n) is 4.01. The van der Waals surface area contributed by atoms with E-state index in [1.54, 1.807) is 12.1 Å². The number of aromatic nitrogens is 1. The maximum atomic E-state index is 13.0. The van der Waals surface area contributed by atoms with Crippen LogP contribution in [0.15, 0.2) is 30.3 Å². The fraction of sp³-hybridized carbons (Fsp3) is 0.333. The summed E-state index contributed by atoms with van der Waals surface area (Å²) in [5, 5.41) is -0.623. The van der Waals surface area contributed by atoms with E-state index in [-0.39, 0.29) is 45.0 Å². The van der Waals surface area contributed by atoms with Gasteiger partial charge in [0, 0.05) is 0 Å². The van der Waals surface area contributed by atoms with E-state index in [0.29, 0.717) is 12.8 Å². The molecule has 0 N–H and O–H groups in total. The van der Waals surface area contributed by atoms with Crippen LogP contribution in [0.3, 0.4) is 0 Å². The van der Waals surface area contributed by atoms with Crippen molar-refractivity contribution in [2.75, 3.05) is 4.90 Å². The van der Waals surface area contributed by atoms with Crippen molar-refractivity contribution >= 4 is 58.3 Å². The van der Waals surface area contributed by atoms with E-state index in [0.717, 1.165) is 23.3 Å². The Morgan fingerprint density at radius 1 is 1.00 bits per heavy atom. The number of fused-ring (bicyclic) bond motifs is 1. The SMILES string of the molecule is O=C(OCc1ccccc1)c1nc(Cl)c(Cl)c(N2C(=O)C3CCCCC3C2=O)c1Cl. The van der Waals surface area contributed by atoms with Gasteiger partial charge in [0.2, 0.25) is 11.8 Å². The molecule has 4 rings (SSSR count). The molecule has 1 aliphatic carbocycles. The molecule has 1 aromatic heterocycles. The van der Waals surface area contributed by atoms with Gasteiger partial charge in [0.25, 0.3) is 0 Å². The van der Waals surface area contributed by atoms with Crippen LogP contribution in [0.4, 0.5) is 5.69 Å². The van der Waals surface area contributed by atoms with Crippen LogP contribution in [0.1, 0.15) is 41.7 Å². The van der Waals surface area contributed by atoms with Crippen LogP contribution in [0, 0.1) is 11.8 Å². The summed E-state index contributed by atoms with van der Waals surface area (Å²) in [6.45, 7) is -0.00101. The number of carbonyl (C=O) groups excluding carboxylic acids is 3. The smallest absolute Gasteiger partial charge is 0.358 e. The van der Waals surface area contributed by atoms with Crippen molar-refractivity contribution in [1.29, 1.82) is 0 Å². The average Bonchev–Trinajstić information content (AvgIpc) is 3.01. The summed E-state index contributed by atoms with van der Waals surface area (Å²) in [5.74, 6) is -2.39. The fourth-order valence-corrected chi connectivity index (χ4v) is 4.75. The molecule has 0 radical (unpaired) electrons. The minimum atomic E-state index is -0.833. The molecule has 2 amide bonds. The van der Waals surface area contributed by atoms with E-state index < -0.39 is 17.8 Å². The number of pyridine rings is 1. The first-order valence-corrected chi connectivity index (χ1v) is 10.7. The first-order chi connectivity index (χ1) is 14.4. The molecule has 6 nitrogen and oxygen atoms in total. The van der Waals surface area contributed by atoms with Crippen LogP contribution in [-0.2, 0) is 20.9 Å². The Morgan fingerprint density at radius 3 is 2.20 bits per heavy atom. The number of esters is 1. The molecule has 2 aromatic rings. The summed E-state index contributed by atoms with van der Waals surface area (Å²) in [6.07, 6.45) is 3.02. The lowest BCUT2D eigenvalue weighted by Gasteiger charge is -2.20. The Hall–Kier alpha value is -2.15. The third-order valence-corrected chi connectivity index (χ3v) is 6.57. The van der Waals surface area contributed by atoms with Crippen molar-refractivity contribution < 1.29 is 19.1 Å². The van der Waals surface area contributed by atoms with Crippen molar-refractivity contribution in [3.05, 3.63) is 56.8 Å². The van der Waals surface area contributed by atoms with Crippen LogP contribution in [0.2, 0.25) is 15.2 Å². The summed E-state index contributed by atoms with van der Waals surface area (Å²) >= 11 is 18.8. The number of nitrogens with zero attached hydrogens (tertiary/aromatic N) is 2. The molecule has 2 fully saturated rings. The van der Waals surface area contributed by atoms with Gasteiger partial charge in [-0.3, -0.25) is 9.59 Å². The Morgan fingerprint density at radius 2 is 1.60 bits per heavy atom. The van der Waals surface area contributed by atoms with Gasteiger partial charge in [0.05, 0.1) is 22.5 Å². The predicted octanol–water partition coefficient (Wildman–Crippen LogP) is 5.08. The van der Waals surface area contributed by atoms with E-state index in [4.69, 9.17) is 39.5 Å². The molecule has 1 aromatic carbocycles. The van der Waals surface area contributed by atoms with Gasteiger partial charge in [-0.15, -0.1) is 0 Å². The highest BCUT2D eigenvalue weighted by atomic mass is 35.5. The number of benzene rings is 1. The molecule has 2 aliphatic rings. The lowest BCUT2D eigenvalue weighted by atomic mass is 9.81. The number of halogens is 3. The first kappa shape index (κ1) is 21.1. The van der Waals surface area contributed by atoms with Gasteiger partial charge < -0.3 is 4.74 Å². The number of hydrogen-bond acceptors (Lipinski definition) is 5. The molecule has 2 unspecified atom stereocenters. The second-order valence-electron chi connectivity index (χ2n) is 7.30. The monoisotopic (exact) mass is 466 g/mol. The molecule has 156 valence electrons. The van der Waals surface area contributed by atoms with E-state index in [1.165, 1.54) is 0 Å². The Labute approximate surface area is 188 Å². The van der Waals surface area contributed by atoms with E-state index in [1.807, 2.05) is 18.2 Å². The van der Waals surface area contributed by atoms with Crippen molar-refractivity contribution in [3.63, 3.8) is 0 Å². The standard InChI is InChI=1S/C21H17Cl3N2O4/c22-14-16(21(29)30-10-11-6-2-1-3-7-11)25-18(24)15(23)17(14)26-19(27)12-8-4-5-9-13(12)20(26)28/h1-3,6-7,12-13H,4-5,8-10H2. The first-order valence-electron chi connectivity index (χ1n) is 9.53. The van der Waals surface area contributed by atoms with Crippen LogP contribution in [0.5, 0.6) is 0 Å². The lowest BCUT2D eigenvalue weighted by Crippen LogP contribution is -2.32. The van der Waals surface area contributed by atoms with E-state index >= 15 is 0 Å². The molecule has 0 bridgehead atoms. The number of carbonyl (C=O) groups is 3. The molecule has 2 heterocycles. The Kier molecular flexibility index (Phi) is 6.00. The van der Waals surface area contributed by atoms with E-state index in [2.05, 4.69) is 4.98 Å². The summed E-state index contributed by atoms with van der Waals surface area (Å²) in [6, 6.07) is 9.07. The molecule has 1 saturated carbocycles. The van der Waals surface area contributed by atoms with Crippen molar-refractivity contribution in [1.82, 2.24) is 4.98 Å². The number of amides is 2. The molecule has 2 atom stereocenters. The summed E-state index contributed by atoms with van der Waals surface area (Å²) in [7, 11) is 0. The molecule has 1 aliphatic heterocycles. The summed E-state index contributed by atoms with van der Waals surface area (Å²) in [5.41, 5.74) is 0.373. The zero-order chi connectivity index (χ0) is 21.4. The molecular weight excluding hydrogens is 451 g/mol. The topological polar surface area (TPSA) is 76.6 Å². The third kappa shape index (κ3) is 3.68. The number of imide groups is 1.